The van der Waals surface area contributed by atoms with Gasteiger partial charge in [-0.2, -0.15) is 0 Å². The number of pyridine rings is 1. The Balaban J connectivity index is 1.72. The molecular weight excluding hydrogens is 384 g/mol. The first-order valence-corrected chi connectivity index (χ1v) is 9.12. The number of nitrogens with zero attached hydrogens (tertiary/aromatic N) is 3. The van der Waals surface area contributed by atoms with Crippen molar-refractivity contribution in [2.75, 3.05) is 7.11 Å². The quantitative estimate of drug-likeness (QED) is 0.393. The molecule has 4 rings (SSSR count). The summed E-state index contributed by atoms with van der Waals surface area (Å²) in [6.07, 6.45) is 3.14. The van der Waals surface area contributed by atoms with Gasteiger partial charge in [-0.15, -0.1) is 0 Å². The Labute approximate surface area is 171 Å². The summed E-state index contributed by atoms with van der Waals surface area (Å²) in [5.74, 6) is -0.168. The van der Waals surface area contributed by atoms with Gasteiger partial charge in [0.1, 0.15) is 0 Å². The van der Waals surface area contributed by atoms with Crippen LogP contribution in [0.25, 0.3) is 22.0 Å². The second-order valence-electron chi connectivity index (χ2n) is 6.61. The molecule has 0 fully saturated rings. The third-order valence-corrected chi connectivity index (χ3v) is 4.74. The topological polar surface area (TPSA) is 106 Å². The molecule has 4 aromatic rings. The van der Waals surface area contributed by atoms with E-state index in [1.54, 1.807) is 24.9 Å². The molecule has 8 heteroatoms. The summed E-state index contributed by atoms with van der Waals surface area (Å²) in [4.78, 5) is 33.2. The van der Waals surface area contributed by atoms with E-state index in [0.29, 0.717) is 23.3 Å². The molecule has 0 bridgehead atoms. The van der Waals surface area contributed by atoms with Crippen LogP contribution in [0.5, 0.6) is 5.88 Å². The van der Waals surface area contributed by atoms with Crippen LogP contribution < -0.4 is 15.8 Å². The summed E-state index contributed by atoms with van der Waals surface area (Å²) >= 11 is 0. The third-order valence-electron chi connectivity index (χ3n) is 4.74. The highest BCUT2D eigenvalue weighted by atomic mass is 16.5. The van der Waals surface area contributed by atoms with E-state index in [4.69, 9.17) is 9.94 Å². The number of hydrogen-bond acceptors (Lipinski definition) is 6. The number of fused-ring (bicyclic) bond motifs is 1. The summed E-state index contributed by atoms with van der Waals surface area (Å²) in [7, 11) is 1.57. The maximum Gasteiger partial charge on any atom is 0.274 e. The van der Waals surface area contributed by atoms with Gasteiger partial charge in [-0.05, 0) is 47.5 Å². The summed E-state index contributed by atoms with van der Waals surface area (Å²) < 4.78 is 6.81. The molecule has 0 unspecified atom stereocenters. The predicted octanol–water partition coefficient (Wildman–Crippen LogP) is 2.63. The van der Waals surface area contributed by atoms with Crippen molar-refractivity contribution < 1.29 is 14.7 Å². The standard InChI is InChI=1S/C22H18N4O4/c1-30-21-17(6-3-9-23-21)15-5-2-4-14(10-15)12-26-13-24-19-8-7-16(20(27)25-29)11-18(19)22(26)28/h2-11,13,29H,12H2,1H3,(H,25,27). The minimum absolute atomic E-state index is 0.173. The number of benzene rings is 2. The lowest BCUT2D eigenvalue weighted by atomic mass is 10.0. The maximum absolute atomic E-state index is 13.0. The van der Waals surface area contributed by atoms with Crippen molar-refractivity contribution in [1.29, 1.82) is 0 Å². The van der Waals surface area contributed by atoms with E-state index >= 15 is 0 Å². The van der Waals surface area contributed by atoms with Gasteiger partial charge in [0, 0.05) is 17.3 Å². The van der Waals surface area contributed by atoms with Crippen molar-refractivity contribution in [3.05, 3.63) is 88.6 Å². The zero-order valence-corrected chi connectivity index (χ0v) is 16.1. The van der Waals surface area contributed by atoms with Crippen LogP contribution in [0, 0.1) is 0 Å². The SMILES string of the molecule is COc1ncccc1-c1cccc(Cn2cnc3ccc(C(=O)NO)cc3c2=O)c1. The fourth-order valence-electron chi connectivity index (χ4n) is 3.28. The zero-order valence-electron chi connectivity index (χ0n) is 16.1. The highest BCUT2D eigenvalue weighted by molar-refractivity contribution is 5.97. The Hall–Kier alpha value is -4.04. The second-order valence-corrected chi connectivity index (χ2v) is 6.61. The zero-order chi connectivity index (χ0) is 21.1. The molecule has 0 aliphatic rings. The summed E-state index contributed by atoms with van der Waals surface area (Å²) in [5, 5.41) is 9.12. The van der Waals surface area contributed by atoms with Crippen LogP contribution in [0.4, 0.5) is 0 Å². The number of amides is 1. The van der Waals surface area contributed by atoms with E-state index in [0.717, 1.165) is 16.7 Å². The molecule has 8 nitrogen and oxygen atoms in total. The van der Waals surface area contributed by atoms with Gasteiger partial charge in [-0.1, -0.05) is 18.2 Å². The van der Waals surface area contributed by atoms with Gasteiger partial charge in [0.25, 0.3) is 11.5 Å². The highest BCUT2D eigenvalue weighted by Crippen LogP contribution is 2.28. The van der Waals surface area contributed by atoms with Crippen LogP contribution in [-0.2, 0) is 6.54 Å². The Morgan fingerprint density at radius 3 is 2.80 bits per heavy atom. The Bertz CT molecular complexity index is 1300. The minimum atomic E-state index is -0.690. The van der Waals surface area contributed by atoms with E-state index in [-0.39, 0.29) is 11.1 Å². The molecule has 2 N–H and O–H groups in total. The van der Waals surface area contributed by atoms with E-state index in [9.17, 15) is 9.59 Å². The lowest BCUT2D eigenvalue weighted by Crippen LogP contribution is -2.23. The molecule has 0 aliphatic carbocycles. The first-order chi connectivity index (χ1) is 14.6. The minimum Gasteiger partial charge on any atom is -0.481 e. The maximum atomic E-state index is 13.0. The van der Waals surface area contributed by atoms with Crippen molar-refractivity contribution in [3.63, 3.8) is 0 Å². The molecule has 2 heterocycles. The number of nitrogens with one attached hydrogen (secondary N) is 1. The Morgan fingerprint density at radius 2 is 2.00 bits per heavy atom. The average Bonchev–Trinajstić information content (AvgIpc) is 2.80. The van der Waals surface area contributed by atoms with E-state index in [2.05, 4.69) is 9.97 Å². The van der Waals surface area contributed by atoms with Gasteiger partial charge >= 0.3 is 0 Å². The largest absolute Gasteiger partial charge is 0.481 e. The number of hydrogen-bond donors (Lipinski definition) is 2. The Kier molecular flexibility index (Phi) is 5.23. The van der Waals surface area contributed by atoms with Crippen LogP contribution >= 0.6 is 0 Å². The molecule has 0 saturated carbocycles. The van der Waals surface area contributed by atoms with Crippen molar-refractivity contribution in [2.24, 2.45) is 0 Å². The molecule has 2 aromatic carbocycles. The monoisotopic (exact) mass is 402 g/mol. The number of aromatic nitrogens is 3. The first-order valence-electron chi connectivity index (χ1n) is 9.12. The Morgan fingerprint density at radius 1 is 1.13 bits per heavy atom. The van der Waals surface area contributed by atoms with Crippen LogP contribution in [0.3, 0.4) is 0 Å². The van der Waals surface area contributed by atoms with Crippen molar-refractivity contribution in [3.8, 4) is 17.0 Å². The highest BCUT2D eigenvalue weighted by Gasteiger charge is 2.11. The lowest BCUT2D eigenvalue weighted by molar-refractivity contribution is 0.0706. The molecular formula is C22H18N4O4. The van der Waals surface area contributed by atoms with E-state index in [1.807, 2.05) is 36.4 Å². The molecule has 30 heavy (non-hydrogen) atoms. The second kappa shape index (κ2) is 8.14. The van der Waals surface area contributed by atoms with Crippen LogP contribution in [0.15, 0.2) is 71.9 Å². The summed E-state index contributed by atoms with van der Waals surface area (Å²) in [6, 6.07) is 16.0. The van der Waals surface area contributed by atoms with Crippen LogP contribution in [0.2, 0.25) is 0 Å². The molecule has 0 atom stereocenters. The fraction of sp³-hybridized carbons (Fsp3) is 0.0909. The van der Waals surface area contributed by atoms with Gasteiger partial charge < -0.3 is 4.74 Å². The molecule has 1 amide bonds. The third kappa shape index (κ3) is 3.63. The predicted molar refractivity (Wildman–Crippen MR) is 111 cm³/mol. The number of carbonyl (C=O) groups excluding carboxylic acids is 1. The van der Waals surface area contributed by atoms with E-state index < -0.39 is 5.91 Å². The molecule has 0 radical (unpaired) electrons. The van der Waals surface area contributed by atoms with Gasteiger partial charge in [0.2, 0.25) is 5.88 Å². The summed E-state index contributed by atoms with van der Waals surface area (Å²) in [6.45, 7) is 0.300. The van der Waals surface area contributed by atoms with Crippen LogP contribution in [0.1, 0.15) is 15.9 Å². The number of rotatable bonds is 5. The van der Waals surface area contributed by atoms with Crippen molar-refractivity contribution in [1.82, 2.24) is 20.0 Å². The molecule has 2 aromatic heterocycles. The number of carbonyl (C=O) groups is 1. The molecule has 0 saturated heterocycles. The smallest absolute Gasteiger partial charge is 0.274 e. The van der Waals surface area contributed by atoms with E-state index in [1.165, 1.54) is 23.0 Å². The first kappa shape index (κ1) is 19.3. The van der Waals surface area contributed by atoms with Crippen LogP contribution in [-0.4, -0.2) is 32.8 Å². The molecule has 0 spiro atoms. The molecule has 0 aliphatic heterocycles. The lowest BCUT2D eigenvalue weighted by Gasteiger charge is -2.11. The van der Waals surface area contributed by atoms with Gasteiger partial charge in [0.15, 0.2) is 0 Å². The van der Waals surface area contributed by atoms with Gasteiger partial charge in [-0.3, -0.25) is 19.4 Å². The van der Waals surface area contributed by atoms with Gasteiger partial charge in [-0.25, -0.2) is 15.4 Å². The number of ether oxygens (including phenoxy) is 1. The molecule has 150 valence electrons. The number of methoxy groups -OCH3 is 1. The normalized spacial score (nSPS) is 10.7. The fourth-order valence-corrected chi connectivity index (χ4v) is 3.28. The van der Waals surface area contributed by atoms with Gasteiger partial charge in [0.05, 0.1) is 30.9 Å². The average molecular weight is 402 g/mol. The number of hydroxylamine groups is 1. The summed E-state index contributed by atoms with van der Waals surface area (Å²) in [5.41, 5.74) is 4.60. The van der Waals surface area contributed by atoms with Crippen molar-refractivity contribution in [2.45, 2.75) is 6.54 Å². The van der Waals surface area contributed by atoms with Crippen molar-refractivity contribution >= 4 is 16.8 Å².